The SMILES string of the molecule is CCCN=C1NC2=NCNc3nc(NCN)nc(n3)NCN3CNc4nc(nc(n4)NCNc4nc(NCC)nc(n4)NCNc4nc(NCC)nc3n4)NCN=C(N1)N2. The predicted molar refractivity (Wildman–Crippen MR) is 228 cm³/mol. The largest absolute Gasteiger partial charge is 0.354 e. The fourth-order valence-electron chi connectivity index (χ4n) is 5.11. The highest BCUT2D eigenvalue weighted by Gasteiger charge is 2.19. The van der Waals surface area contributed by atoms with Gasteiger partial charge in [0.1, 0.15) is 13.3 Å². The molecule has 3 aliphatic heterocycles. The van der Waals surface area contributed by atoms with Crippen LogP contribution in [0.3, 0.4) is 0 Å². The highest BCUT2D eigenvalue weighted by molar-refractivity contribution is 6.16. The van der Waals surface area contributed by atoms with E-state index < -0.39 is 0 Å². The number of fused-ring (bicyclic) bond motifs is 13. The summed E-state index contributed by atoms with van der Waals surface area (Å²) in [6, 6.07) is 0. The highest BCUT2D eigenvalue weighted by Crippen LogP contribution is 2.18. The van der Waals surface area contributed by atoms with Crippen molar-refractivity contribution in [1.82, 2.24) is 75.8 Å². The van der Waals surface area contributed by atoms with Crippen LogP contribution in [0.2, 0.25) is 0 Å². The van der Waals surface area contributed by atoms with Crippen LogP contribution in [0.5, 0.6) is 0 Å². The topological polar surface area (TPSA) is 389 Å². The van der Waals surface area contributed by atoms with Gasteiger partial charge in [-0.2, -0.15) is 59.8 Å². The Labute approximate surface area is 342 Å². The van der Waals surface area contributed by atoms with Crippen molar-refractivity contribution < 1.29 is 0 Å². The summed E-state index contributed by atoms with van der Waals surface area (Å²) < 4.78 is 0. The first-order valence-corrected chi connectivity index (χ1v) is 19.0. The molecule has 0 saturated carbocycles. The van der Waals surface area contributed by atoms with Crippen molar-refractivity contribution in [2.45, 2.75) is 27.2 Å². The second-order valence-electron chi connectivity index (χ2n) is 12.2. The third kappa shape index (κ3) is 11.3. The first kappa shape index (κ1) is 40.2. The first-order chi connectivity index (χ1) is 29.4. The molecule has 7 rings (SSSR count). The molecule has 318 valence electrons. The number of nitrogens with zero attached hydrogens (tertiary/aromatic N) is 16. The summed E-state index contributed by atoms with van der Waals surface area (Å²) in [6.45, 7) is 8.25. The molecule has 0 aliphatic carbocycles. The molecule has 31 nitrogen and oxygen atoms in total. The zero-order valence-corrected chi connectivity index (χ0v) is 33.0. The fraction of sp³-hybridized carbons (Fsp3) is 0.483. The second-order valence-corrected chi connectivity index (χ2v) is 12.2. The minimum Gasteiger partial charge on any atom is -0.354 e. The van der Waals surface area contributed by atoms with E-state index in [1.807, 2.05) is 20.8 Å². The maximum Gasteiger partial charge on any atom is 0.234 e. The monoisotopic (exact) mass is 829 g/mol. The van der Waals surface area contributed by atoms with E-state index in [2.05, 4.69) is 139 Å². The lowest BCUT2D eigenvalue weighted by Crippen LogP contribution is -2.61. The third-order valence-electron chi connectivity index (χ3n) is 7.74. The van der Waals surface area contributed by atoms with Crippen LogP contribution < -0.4 is 85.1 Å². The van der Waals surface area contributed by atoms with Gasteiger partial charge in [0.15, 0.2) is 0 Å². The van der Waals surface area contributed by atoms with E-state index in [9.17, 15) is 0 Å². The number of aromatic nitrogens is 12. The molecule has 0 aromatic carbocycles. The van der Waals surface area contributed by atoms with E-state index in [4.69, 9.17) is 15.7 Å². The second kappa shape index (κ2) is 19.9. The van der Waals surface area contributed by atoms with E-state index in [1.54, 1.807) is 4.90 Å². The molecule has 1 saturated heterocycles. The maximum atomic E-state index is 5.80. The Hall–Kier alpha value is -7.99. The van der Waals surface area contributed by atoms with E-state index in [0.717, 1.165) is 6.42 Å². The van der Waals surface area contributed by atoms with Crippen LogP contribution in [-0.2, 0) is 0 Å². The van der Waals surface area contributed by atoms with Crippen LogP contribution in [0.1, 0.15) is 27.2 Å². The molecular formula is C29H47N31. The average molecular weight is 830 g/mol. The van der Waals surface area contributed by atoms with Crippen molar-refractivity contribution in [3.63, 3.8) is 0 Å². The van der Waals surface area contributed by atoms with Crippen LogP contribution in [0, 0.1) is 0 Å². The van der Waals surface area contributed by atoms with Crippen molar-refractivity contribution in [3.05, 3.63) is 0 Å². The minimum atomic E-state index is 0.0470. The van der Waals surface area contributed by atoms with E-state index in [-0.39, 0.29) is 106 Å². The molecule has 16 N–H and O–H groups in total. The van der Waals surface area contributed by atoms with Gasteiger partial charge in [0, 0.05) is 19.6 Å². The molecule has 12 bridgehead atoms. The Morgan fingerprint density at radius 1 is 0.517 bits per heavy atom. The van der Waals surface area contributed by atoms with E-state index >= 15 is 0 Å². The summed E-state index contributed by atoms with van der Waals surface area (Å²) in [6.07, 6.45) is 0.840. The third-order valence-corrected chi connectivity index (χ3v) is 7.74. The minimum absolute atomic E-state index is 0.0470. The fourth-order valence-corrected chi connectivity index (χ4v) is 5.11. The standard InChI is InChI=1S/C29H47N31/c1-4-7-33-17-48-21-36-10-38-23-50-18(34-8-30)51-27(55-23)43-13-60-14-44-28-56-24(54-25(57-28)40-11-37-22(49-17)53-21)39-9-35-19-45-15(31-5-2)46-20(52-19)41-12-42-26-47-16(32-6-3)58-29(60)59-26/h4-14,30H2,1-3H3,(H2,32,42,47,58,59)(H3,31,35,41,45,46,52)(H3,33,36,37,48,49,53)(H3,34,38,43,50,51,55)(H3,39,40,44,54,56,57). The van der Waals surface area contributed by atoms with Crippen molar-refractivity contribution in [2.75, 3.05) is 130 Å². The van der Waals surface area contributed by atoms with Gasteiger partial charge < -0.3 is 69.1 Å². The first-order valence-electron chi connectivity index (χ1n) is 19.0. The van der Waals surface area contributed by atoms with Gasteiger partial charge in [0.05, 0.1) is 33.3 Å². The molecule has 31 heteroatoms. The molecule has 4 aromatic heterocycles. The van der Waals surface area contributed by atoms with Crippen molar-refractivity contribution in [3.8, 4) is 0 Å². The molecule has 7 heterocycles. The molecule has 0 unspecified atom stereocenters. The Balaban J connectivity index is 1.28. The number of nitrogens with one attached hydrogen (secondary N) is 14. The molecule has 0 atom stereocenters. The van der Waals surface area contributed by atoms with Crippen LogP contribution >= 0.6 is 0 Å². The van der Waals surface area contributed by atoms with Gasteiger partial charge in [-0.3, -0.25) is 20.9 Å². The summed E-state index contributed by atoms with van der Waals surface area (Å²) >= 11 is 0. The molecule has 0 spiro atoms. The number of guanidine groups is 3. The number of nitrogens with two attached hydrogens (primary N) is 1. The van der Waals surface area contributed by atoms with Crippen LogP contribution in [0.4, 0.5) is 71.4 Å². The lowest BCUT2D eigenvalue weighted by molar-refractivity contribution is 0.808. The van der Waals surface area contributed by atoms with Crippen molar-refractivity contribution >= 4 is 89.3 Å². The lowest BCUT2D eigenvalue weighted by Gasteiger charge is -2.25. The summed E-state index contributed by atoms with van der Waals surface area (Å²) in [5.74, 6) is 4.27. The smallest absolute Gasteiger partial charge is 0.234 e. The Morgan fingerprint density at radius 2 is 0.950 bits per heavy atom. The summed E-state index contributed by atoms with van der Waals surface area (Å²) in [5.41, 5.74) is 5.80. The van der Waals surface area contributed by atoms with Gasteiger partial charge in [0.25, 0.3) is 0 Å². The summed E-state index contributed by atoms with van der Waals surface area (Å²) in [5, 5.41) is 44.0. The Bertz CT molecular complexity index is 2160. The quantitative estimate of drug-likeness (QED) is 0.0842. The molecule has 60 heavy (non-hydrogen) atoms. The summed E-state index contributed by atoms with van der Waals surface area (Å²) in [7, 11) is 0. The number of rotatable bonds is 8. The number of aliphatic imine (C=N–C) groups is 3. The van der Waals surface area contributed by atoms with Crippen LogP contribution in [-0.4, -0.2) is 144 Å². The lowest BCUT2D eigenvalue weighted by atomic mass is 10.5. The molecule has 4 aromatic rings. The van der Waals surface area contributed by atoms with Gasteiger partial charge in [-0.15, -0.1) is 0 Å². The number of anilines is 12. The van der Waals surface area contributed by atoms with Gasteiger partial charge in [-0.1, -0.05) is 6.92 Å². The van der Waals surface area contributed by atoms with Crippen molar-refractivity contribution in [2.24, 2.45) is 20.7 Å². The Kier molecular flexibility index (Phi) is 13.4. The molecular weight excluding hydrogens is 783 g/mol. The van der Waals surface area contributed by atoms with Gasteiger partial charge in [-0.05, 0) is 20.3 Å². The maximum absolute atomic E-state index is 5.80. The average Bonchev–Trinajstić information content (AvgIpc) is 3.22. The van der Waals surface area contributed by atoms with Crippen LogP contribution in [0.15, 0.2) is 15.0 Å². The molecule has 3 aliphatic rings. The van der Waals surface area contributed by atoms with Gasteiger partial charge in [0.2, 0.25) is 89.3 Å². The zero-order valence-electron chi connectivity index (χ0n) is 33.0. The molecule has 1 fully saturated rings. The van der Waals surface area contributed by atoms with Gasteiger partial charge >= 0.3 is 0 Å². The number of hydrogen-bond acceptors (Lipinski definition) is 29. The van der Waals surface area contributed by atoms with E-state index in [0.29, 0.717) is 49.4 Å². The van der Waals surface area contributed by atoms with Crippen molar-refractivity contribution in [1.29, 1.82) is 0 Å². The summed E-state index contributed by atoms with van der Waals surface area (Å²) in [4.78, 5) is 70.3. The molecule has 0 radical (unpaired) electrons. The normalized spacial score (nSPS) is 15.9. The Morgan fingerprint density at radius 3 is 1.47 bits per heavy atom. The number of hydrogen-bond donors (Lipinski definition) is 15. The van der Waals surface area contributed by atoms with Crippen LogP contribution in [0.25, 0.3) is 0 Å². The van der Waals surface area contributed by atoms with Gasteiger partial charge in [-0.25, -0.2) is 9.98 Å². The predicted octanol–water partition coefficient (Wildman–Crippen LogP) is -2.15. The zero-order chi connectivity index (χ0) is 41.5. The van der Waals surface area contributed by atoms with E-state index in [1.165, 1.54) is 0 Å². The molecule has 0 amide bonds. The highest BCUT2D eigenvalue weighted by atomic mass is 15.4.